The van der Waals surface area contributed by atoms with Gasteiger partial charge >= 0.3 is 0 Å². The molecule has 2 aromatic rings. The predicted molar refractivity (Wildman–Crippen MR) is 101 cm³/mol. The lowest BCUT2D eigenvalue weighted by Crippen LogP contribution is -2.34. The maximum absolute atomic E-state index is 13.2. The number of nitrogens with one attached hydrogen (secondary N) is 1. The Morgan fingerprint density at radius 3 is 2.15 bits per heavy atom. The molecule has 2 aromatic carbocycles. The number of hydrogen-bond donors (Lipinski definition) is 1. The highest BCUT2D eigenvalue weighted by atomic mass is 19.1. The Bertz CT molecular complexity index is 778. The molecule has 0 saturated heterocycles. The van der Waals surface area contributed by atoms with Crippen LogP contribution in [0, 0.1) is 5.82 Å². The molecule has 1 N–H and O–H groups in total. The lowest BCUT2D eigenvalue weighted by Gasteiger charge is -2.25. The Morgan fingerprint density at radius 1 is 1.00 bits per heavy atom. The molecule has 6 nitrogen and oxygen atoms in total. The minimum absolute atomic E-state index is 0.110. The van der Waals surface area contributed by atoms with Gasteiger partial charge in [-0.2, -0.15) is 0 Å². The maximum Gasteiger partial charge on any atom is 0.255 e. The molecule has 0 aliphatic rings. The van der Waals surface area contributed by atoms with Gasteiger partial charge in [-0.05, 0) is 43.9 Å². The van der Waals surface area contributed by atoms with Crippen molar-refractivity contribution in [1.29, 1.82) is 0 Å². The number of carbonyl (C=O) groups excluding carboxylic acids is 1. The summed E-state index contributed by atoms with van der Waals surface area (Å²) in [6, 6.07) is 9.40. The summed E-state index contributed by atoms with van der Waals surface area (Å²) in [5, 5.41) is 2.91. The Morgan fingerprint density at radius 2 is 1.63 bits per heavy atom. The molecule has 1 amide bonds. The molecule has 7 heteroatoms. The Balaban J connectivity index is 2.22. The Hall–Kier alpha value is -2.80. The number of rotatable bonds is 8. The van der Waals surface area contributed by atoms with E-state index in [0.717, 1.165) is 5.56 Å². The van der Waals surface area contributed by atoms with E-state index in [1.807, 2.05) is 19.0 Å². The van der Waals surface area contributed by atoms with E-state index in [1.165, 1.54) is 33.5 Å². The van der Waals surface area contributed by atoms with Crippen molar-refractivity contribution in [1.82, 2.24) is 10.2 Å². The molecule has 146 valence electrons. The van der Waals surface area contributed by atoms with Crippen LogP contribution in [-0.2, 0) is 0 Å². The van der Waals surface area contributed by atoms with Gasteiger partial charge in [0, 0.05) is 6.54 Å². The lowest BCUT2D eigenvalue weighted by atomic mass is 10.1. The van der Waals surface area contributed by atoms with Gasteiger partial charge < -0.3 is 24.4 Å². The van der Waals surface area contributed by atoms with Crippen LogP contribution in [0.4, 0.5) is 4.39 Å². The summed E-state index contributed by atoms with van der Waals surface area (Å²) >= 11 is 0. The quantitative estimate of drug-likeness (QED) is 0.768. The molecule has 27 heavy (non-hydrogen) atoms. The molecular formula is C20H25FN2O4. The van der Waals surface area contributed by atoms with E-state index in [0.29, 0.717) is 29.4 Å². The number of benzene rings is 2. The molecule has 0 spiro atoms. The van der Waals surface area contributed by atoms with Crippen molar-refractivity contribution in [2.45, 2.75) is 6.04 Å². The standard InChI is InChI=1S/C20H25FN2O4/c1-23(2)16(13-6-8-14(21)9-7-13)12-22-20(24)15-10-11-17(25-3)19(27-5)18(15)26-4/h6-11,16H,12H2,1-5H3,(H,22,24). The van der Waals surface area contributed by atoms with Crippen LogP contribution in [-0.4, -0.2) is 52.8 Å². The van der Waals surface area contributed by atoms with E-state index in [9.17, 15) is 9.18 Å². The summed E-state index contributed by atoms with van der Waals surface area (Å²) in [4.78, 5) is 14.7. The molecule has 1 unspecified atom stereocenters. The fraction of sp³-hybridized carbons (Fsp3) is 0.350. The number of carbonyl (C=O) groups is 1. The first-order chi connectivity index (χ1) is 12.9. The first-order valence-electron chi connectivity index (χ1n) is 8.42. The van der Waals surface area contributed by atoms with Gasteiger partial charge in [0.05, 0.1) is 32.9 Å². The normalized spacial score (nSPS) is 11.8. The summed E-state index contributed by atoms with van der Waals surface area (Å²) < 4.78 is 29.1. The molecule has 2 rings (SSSR count). The first-order valence-corrected chi connectivity index (χ1v) is 8.42. The molecule has 0 heterocycles. The van der Waals surface area contributed by atoms with Crippen LogP contribution in [0.15, 0.2) is 36.4 Å². The van der Waals surface area contributed by atoms with Gasteiger partial charge in [0.25, 0.3) is 5.91 Å². The topological polar surface area (TPSA) is 60.0 Å². The van der Waals surface area contributed by atoms with Gasteiger partial charge in [-0.1, -0.05) is 12.1 Å². The van der Waals surface area contributed by atoms with Crippen molar-refractivity contribution in [3.8, 4) is 17.2 Å². The second-order valence-electron chi connectivity index (χ2n) is 6.12. The van der Waals surface area contributed by atoms with E-state index in [2.05, 4.69) is 5.32 Å². The number of amides is 1. The fourth-order valence-corrected chi connectivity index (χ4v) is 2.85. The van der Waals surface area contributed by atoms with Gasteiger partial charge in [0.2, 0.25) is 5.75 Å². The van der Waals surface area contributed by atoms with Crippen LogP contribution in [0.5, 0.6) is 17.2 Å². The zero-order valence-electron chi connectivity index (χ0n) is 16.2. The molecule has 0 bridgehead atoms. The van der Waals surface area contributed by atoms with Crippen LogP contribution >= 0.6 is 0 Å². The average molecular weight is 376 g/mol. The fourth-order valence-electron chi connectivity index (χ4n) is 2.85. The number of nitrogens with zero attached hydrogens (tertiary/aromatic N) is 1. The van der Waals surface area contributed by atoms with E-state index < -0.39 is 0 Å². The van der Waals surface area contributed by atoms with Gasteiger partial charge in [0.15, 0.2) is 11.5 Å². The number of ether oxygens (including phenoxy) is 3. The first kappa shape index (κ1) is 20.5. The average Bonchev–Trinajstić information content (AvgIpc) is 2.67. The third-order valence-corrected chi connectivity index (χ3v) is 4.28. The van der Waals surface area contributed by atoms with Crippen molar-refractivity contribution < 1.29 is 23.4 Å². The van der Waals surface area contributed by atoms with Crippen molar-refractivity contribution in [2.24, 2.45) is 0 Å². The van der Waals surface area contributed by atoms with Crippen LogP contribution in [0.25, 0.3) is 0 Å². The zero-order chi connectivity index (χ0) is 20.0. The monoisotopic (exact) mass is 376 g/mol. The SMILES string of the molecule is COc1ccc(C(=O)NCC(c2ccc(F)cc2)N(C)C)c(OC)c1OC. The highest BCUT2D eigenvalue weighted by molar-refractivity contribution is 5.98. The molecule has 0 aliphatic heterocycles. The van der Waals surface area contributed by atoms with E-state index in [1.54, 1.807) is 24.3 Å². The van der Waals surface area contributed by atoms with Crippen LogP contribution in [0.2, 0.25) is 0 Å². The molecule has 0 aromatic heterocycles. The third-order valence-electron chi connectivity index (χ3n) is 4.28. The Labute approximate surface area is 158 Å². The number of methoxy groups -OCH3 is 3. The number of halogens is 1. The second-order valence-corrected chi connectivity index (χ2v) is 6.12. The van der Waals surface area contributed by atoms with Gasteiger partial charge in [-0.3, -0.25) is 4.79 Å². The summed E-state index contributed by atoms with van der Waals surface area (Å²) in [6.07, 6.45) is 0. The molecule has 0 saturated carbocycles. The summed E-state index contributed by atoms with van der Waals surface area (Å²) in [5.74, 6) is 0.536. The van der Waals surface area contributed by atoms with Crippen molar-refractivity contribution in [2.75, 3.05) is 42.0 Å². The minimum Gasteiger partial charge on any atom is -0.493 e. The second kappa shape index (κ2) is 9.23. The highest BCUT2D eigenvalue weighted by Gasteiger charge is 2.22. The molecule has 0 aliphatic carbocycles. The summed E-state index contributed by atoms with van der Waals surface area (Å²) in [6.45, 7) is 0.342. The zero-order valence-corrected chi connectivity index (χ0v) is 16.2. The van der Waals surface area contributed by atoms with Gasteiger partial charge in [-0.15, -0.1) is 0 Å². The number of hydrogen-bond acceptors (Lipinski definition) is 5. The minimum atomic E-state index is -0.304. The lowest BCUT2D eigenvalue weighted by molar-refractivity contribution is 0.0938. The third kappa shape index (κ3) is 4.68. The Kier molecular flexibility index (Phi) is 7.01. The molecular weight excluding hydrogens is 351 g/mol. The maximum atomic E-state index is 13.2. The van der Waals surface area contributed by atoms with Crippen LogP contribution in [0.1, 0.15) is 22.0 Å². The highest BCUT2D eigenvalue weighted by Crippen LogP contribution is 2.39. The summed E-state index contributed by atoms with van der Waals surface area (Å²) in [7, 11) is 8.27. The molecule has 1 atom stereocenters. The van der Waals surface area contributed by atoms with Crippen LogP contribution < -0.4 is 19.5 Å². The van der Waals surface area contributed by atoms with Crippen molar-refractivity contribution in [3.63, 3.8) is 0 Å². The van der Waals surface area contributed by atoms with Gasteiger partial charge in [-0.25, -0.2) is 4.39 Å². The summed E-state index contributed by atoms with van der Waals surface area (Å²) in [5.41, 5.74) is 1.24. The number of likely N-dealkylation sites (N-methyl/N-ethyl adjacent to an activating group) is 1. The molecule has 0 fully saturated rings. The van der Waals surface area contributed by atoms with Crippen molar-refractivity contribution >= 4 is 5.91 Å². The van der Waals surface area contributed by atoms with E-state index in [-0.39, 0.29) is 17.8 Å². The van der Waals surface area contributed by atoms with Crippen molar-refractivity contribution in [3.05, 3.63) is 53.3 Å². The van der Waals surface area contributed by atoms with E-state index >= 15 is 0 Å². The van der Waals surface area contributed by atoms with Crippen LogP contribution in [0.3, 0.4) is 0 Å². The smallest absolute Gasteiger partial charge is 0.255 e. The largest absolute Gasteiger partial charge is 0.493 e. The molecule has 0 radical (unpaired) electrons. The predicted octanol–water partition coefficient (Wildman–Crippen LogP) is 2.88. The van der Waals surface area contributed by atoms with Gasteiger partial charge in [0.1, 0.15) is 5.82 Å². The van der Waals surface area contributed by atoms with E-state index in [4.69, 9.17) is 14.2 Å².